The molecule has 6 nitrogen and oxygen atoms in total. The Labute approximate surface area is 184 Å². The van der Waals surface area contributed by atoms with Gasteiger partial charge in [-0.1, -0.05) is 62.0 Å². The van der Waals surface area contributed by atoms with Crippen molar-refractivity contribution in [3.8, 4) is 0 Å². The van der Waals surface area contributed by atoms with Crippen LogP contribution >= 0.6 is 11.8 Å². The third-order valence-corrected chi connectivity index (χ3v) is 6.46. The van der Waals surface area contributed by atoms with Gasteiger partial charge in [0, 0.05) is 23.9 Å². The highest BCUT2D eigenvalue weighted by Crippen LogP contribution is 2.27. The average molecular weight is 430 g/mol. The van der Waals surface area contributed by atoms with Crippen LogP contribution in [0.1, 0.15) is 25.8 Å². The summed E-state index contributed by atoms with van der Waals surface area (Å²) in [6, 6.07) is 17.9. The number of rotatable bonds is 6. The lowest BCUT2D eigenvalue weighted by Gasteiger charge is -2.12. The largest absolute Gasteiger partial charge is 0.276 e. The Bertz CT molecular complexity index is 1450. The number of aryl methyl sites for hydroxylation is 1. The van der Waals surface area contributed by atoms with Gasteiger partial charge in [0.15, 0.2) is 5.16 Å². The fourth-order valence-electron chi connectivity index (χ4n) is 3.84. The molecule has 0 unspecified atom stereocenters. The summed E-state index contributed by atoms with van der Waals surface area (Å²) in [4.78, 5) is 17.7. The Morgan fingerprint density at radius 2 is 1.84 bits per heavy atom. The third kappa shape index (κ3) is 3.59. The van der Waals surface area contributed by atoms with Crippen LogP contribution < -0.4 is 5.56 Å². The molecular weight excluding hydrogens is 406 g/mol. The summed E-state index contributed by atoms with van der Waals surface area (Å²) in [5.74, 6) is 1.81. The molecule has 0 saturated carbocycles. The normalized spacial score (nSPS) is 11.8. The van der Waals surface area contributed by atoms with Crippen molar-refractivity contribution in [2.45, 2.75) is 37.7 Å². The molecule has 0 atom stereocenters. The fourth-order valence-corrected chi connectivity index (χ4v) is 4.77. The van der Waals surface area contributed by atoms with Gasteiger partial charge in [0.1, 0.15) is 0 Å². The number of nitrogens with zero attached hydrogens (tertiary/aromatic N) is 5. The highest BCUT2D eigenvalue weighted by Gasteiger charge is 2.17. The molecule has 0 fully saturated rings. The highest BCUT2D eigenvalue weighted by molar-refractivity contribution is 7.98. The van der Waals surface area contributed by atoms with Crippen molar-refractivity contribution in [1.82, 2.24) is 24.1 Å². The summed E-state index contributed by atoms with van der Waals surface area (Å²) in [6.07, 6.45) is 2.73. The lowest BCUT2D eigenvalue weighted by atomic mass is 10.1. The molecule has 0 spiro atoms. The SMILES string of the molecule is CC(C)CCn1c(=O)c2ccccc2n2c(SCc3cccc4cccnc34)nnc12. The van der Waals surface area contributed by atoms with Crippen molar-refractivity contribution in [1.29, 1.82) is 0 Å². The van der Waals surface area contributed by atoms with Crippen LogP contribution in [-0.4, -0.2) is 24.1 Å². The van der Waals surface area contributed by atoms with E-state index in [0.717, 1.165) is 33.6 Å². The van der Waals surface area contributed by atoms with E-state index in [0.29, 0.717) is 29.4 Å². The van der Waals surface area contributed by atoms with Gasteiger partial charge in [-0.3, -0.25) is 18.7 Å². The smallest absolute Gasteiger partial charge is 0.262 e. The van der Waals surface area contributed by atoms with Crippen molar-refractivity contribution < 1.29 is 0 Å². The average Bonchev–Trinajstić information content (AvgIpc) is 3.21. The number of fused-ring (bicyclic) bond motifs is 4. The van der Waals surface area contributed by atoms with Crippen molar-refractivity contribution >= 4 is 39.3 Å². The van der Waals surface area contributed by atoms with Gasteiger partial charge in [-0.2, -0.15) is 0 Å². The molecule has 0 aliphatic carbocycles. The molecule has 0 radical (unpaired) electrons. The van der Waals surface area contributed by atoms with Gasteiger partial charge >= 0.3 is 0 Å². The first-order valence-corrected chi connectivity index (χ1v) is 11.4. The standard InChI is InChI=1S/C24H23N5OS/c1-16(2)12-14-28-22(30)19-10-3-4-11-20(19)29-23(28)26-27-24(29)31-15-18-8-5-7-17-9-6-13-25-21(17)18/h3-11,13,16H,12,14-15H2,1-2H3. The molecule has 3 heterocycles. The summed E-state index contributed by atoms with van der Waals surface area (Å²) >= 11 is 1.61. The number of thioether (sulfide) groups is 1. The third-order valence-electron chi connectivity index (χ3n) is 5.48. The van der Waals surface area contributed by atoms with Gasteiger partial charge < -0.3 is 0 Å². The Balaban J connectivity index is 1.60. The zero-order valence-corrected chi connectivity index (χ0v) is 18.3. The van der Waals surface area contributed by atoms with Crippen molar-refractivity contribution in [2.75, 3.05) is 0 Å². The second-order valence-corrected chi connectivity index (χ2v) is 9.00. The number of aromatic nitrogens is 5. The Hall–Kier alpha value is -3.19. The van der Waals surface area contributed by atoms with E-state index in [1.54, 1.807) is 16.3 Å². The minimum Gasteiger partial charge on any atom is -0.276 e. The topological polar surface area (TPSA) is 65.1 Å². The molecule has 156 valence electrons. The molecule has 2 aromatic carbocycles. The lowest BCUT2D eigenvalue weighted by Crippen LogP contribution is -2.24. The van der Waals surface area contributed by atoms with Crippen molar-refractivity contribution in [3.05, 3.63) is 76.7 Å². The Morgan fingerprint density at radius 1 is 1.00 bits per heavy atom. The van der Waals surface area contributed by atoms with E-state index in [9.17, 15) is 4.79 Å². The van der Waals surface area contributed by atoms with Gasteiger partial charge in [-0.05, 0) is 36.1 Å². The van der Waals surface area contributed by atoms with Crippen LogP contribution in [-0.2, 0) is 12.3 Å². The molecule has 0 saturated heterocycles. The van der Waals surface area contributed by atoms with Crippen molar-refractivity contribution in [3.63, 3.8) is 0 Å². The van der Waals surface area contributed by atoms with Crippen LogP contribution in [0.3, 0.4) is 0 Å². The maximum atomic E-state index is 13.2. The quantitative estimate of drug-likeness (QED) is 0.358. The van der Waals surface area contributed by atoms with Crippen LogP contribution in [0.2, 0.25) is 0 Å². The summed E-state index contributed by atoms with van der Waals surface area (Å²) in [6.45, 7) is 4.94. The summed E-state index contributed by atoms with van der Waals surface area (Å²) in [7, 11) is 0. The van der Waals surface area contributed by atoms with E-state index in [1.165, 1.54) is 0 Å². The maximum absolute atomic E-state index is 13.2. The van der Waals surface area contributed by atoms with E-state index in [4.69, 9.17) is 0 Å². The van der Waals surface area contributed by atoms with Crippen LogP contribution in [0.5, 0.6) is 0 Å². The van der Waals surface area contributed by atoms with Gasteiger partial charge in [0.2, 0.25) is 5.78 Å². The number of para-hydroxylation sites is 2. The molecule has 0 amide bonds. The van der Waals surface area contributed by atoms with E-state index >= 15 is 0 Å². The van der Waals surface area contributed by atoms with Gasteiger partial charge in [-0.25, -0.2) is 0 Å². The first kappa shape index (κ1) is 19.8. The lowest BCUT2D eigenvalue weighted by molar-refractivity contribution is 0.512. The molecule has 0 aliphatic heterocycles. The molecule has 7 heteroatoms. The molecule has 0 aliphatic rings. The summed E-state index contributed by atoms with van der Waals surface area (Å²) in [5, 5.41) is 11.5. The monoisotopic (exact) mass is 429 g/mol. The highest BCUT2D eigenvalue weighted by atomic mass is 32.2. The van der Waals surface area contributed by atoms with E-state index < -0.39 is 0 Å². The molecule has 0 N–H and O–H groups in total. The number of pyridine rings is 1. The van der Waals surface area contributed by atoms with Crippen LogP contribution in [0, 0.1) is 5.92 Å². The molecular formula is C24H23N5OS. The predicted octanol–water partition coefficient (Wildman–Crippen LogP) is 4.93. The second-order valence-electron chi connectivity index (χ2n) is 8.06. The van der Waals surface area contributed by atoms with E-state index in [2.05, 4.69) is 53.3 Å². The second kappa shape index (κ2) is 8.15. The van der Waals surface area contributed by atoms with Crippen LogP contribution in [0.25, 0.3) is 27.6 Å². The molecule has 3 aromatic heterocycles. The molecule has 0 bridgehead atoms. The zero-order valence-electron chi connectivity index (χ0n) is 17.5. The predicted molar refractivity (Wildman–Crippen MR) is 126 cm³/mol. The van der Waals surface area contributed by atoms with Gasteiger partial charge in [0.05, 0.1) is 16.4 Å². The van der Waals surface area contributed by atoms with Gasteiger partial charge in [-0.15, -0.1) is 10.2 Å². The minimum atomic E-state index is -0.00838. The first-order valence-electron chi connectivity index (χ1n) is 10.5. The summed E-state index contributed by atoms with van der Waals surface area (Å²) < 4.78 is 3.78. The number of benzene rings is 2. The maximum Gasteiger partial charge on any atom is 0.262 e. The van der Waals surface area contributed by atoms with Crippen LogP contribution in [0.4, 0.5) is 0 Å². The number of hydrogen-bond acceptors (Lipinski definition) is 5. The van der Waals surface area contributed by atoms with Crippen molar-refractivity contribution in [2.24, 2.45) is 5.92 Å². The zero-order chi connectivity index (χ0) is 21.4. The first-order chi connectivity index (χ1) is 15.1. The van der Waals surface area contributed by atoms with E-state index in [-0.39, 0.29) is 5.56 Å². The van der Waals surface area contributed by atoms with E-state index in [1.807, 2.05) is 40.9 Å². The Kier molecular flexibility index (Phi) is 5.19. The molecule has 5 aromatic rings. The molecule has 5 rings (SSSR count). The summed E-state index contributed by atoms with van der Waals surface area (Å²) in [5.41, 5.74) is 2.99. The minimum absolute atomic E-state index is 0.00838. The Morgan fingerprint density at radius 3 is 2.71 bits per heavy atom. The molecule has 31 heavy (non-hydrogen) atoms. The van der Waals surface area contributed by atoms with Crippen LogP contribution in [0.15, 0.2) is 70.7 Å². The number of hydrogen-bond donors (Lipinski definition) is 0. The van der Waals surface area contributed by atoms with Gasteiger partial charge in [0.25, 0.3) is 5.56 Å². The fraction of sp³-hybridized carbons (Fsp3) is 0.250.